The van der Waals surface area contributed by atoms with Gasteiger partial charge in [-0.25, -0.2) is 9.37 Å². The average molecular weight is 327 g/mol. The van der Waals surface area contributed by atoms with Gasteiger partial charge in [-0.15, -0.1) is 0 Å². The highest BCUT2D eigenvalue weighted by molar-refractivity contribution is 5.94. The topological polar surface area (TPSA) is 62.3 Å². The number of pyridine rings is 1. The van der Waals surface area contributed by atoms with Crippen LogP contribution in [-0.4, -0.2) is 34.2 Å². The minimum absolute atomic E-state index is 0.00299. The molecule has 24 heavy (non-hydrogen) atoms. The third-order valence-corrected chi connectivity index (χ3v) is 4.08. The number of Topliss-reactive ketones (excluding diaryl/α,β-unsaturated/α-hetero) is 1. The second kappa shape index (κ2) is 6.78. The highest BCUT2D eigenvalue weighted by Gasteiger charge is 2.31. The predicted molar refractivity (Wildman–Crippen MR) is 88.1 cm³/mol. The second-order valence-electron chi connectivity index (χ2n) is 5.86. The largest absolute Gasteiger partial charge is 0.358 e. The van der Waals surface area contributed by atoms with Crippen LogP contribution < -0.4 is 5.32 Å². The number of benzene rings is 1. The van der Waals surface area contributed by atoms with E-state index in [9.17, 15) is 14.0 Å². The molecule has 1 aliphatic rings. The molecule has 1 saturated heterocycles. The molecule has 0 radical (unpaired) electrons. The van der Waals surface area contributed by atoms with Crippen LogP contribution >= 0.6 is 0 Å². The molecule has 1 atom stereocenters. The van der Waals surface area contributed by atoms with Crippen LogP contribution in [0.3, 0.4) is 0 Å². The lowest BCUT2D eigenvalue weighted by Crippen LogP contribution is -2.33. The molecule has 1 N–H and O–H groups in total. The molecule has 1 aromatic carbocycles. The molecule has 2 heterocycles. The molecule has 1 fully saturated rings. The Balaban J connectivity index is 1.61. The molecular weight excluding hydrogens is 309 g/mol. The molecule has 5 nitrogen and oxygen atoms in total. The summed E-state index contributed by atoms with van der Waals surface area (Å²) in [4.78, 5) is 29.6. The van der Waals surface area contributed by atoms with Crippen LogP contribution in [0.5, 0.6) is 0 Å². The van der Waals surface area contributed by atoms with E-state index in [-0.39, 0.29) is 23.5 Å². The Morgan fingerprint density at radius 3 is 2.67 bits per heavy atom. The number of anilines is 1. The number of hydrogen-bond acceptors (Lipinski definition) is 4. The van der Waals surface area contributed by atoms with Gasteiger partial charge in [0.25, 0.3) is 0 Å². The van der Waals surface area contributed by atoms with Crippen molar-refractivity contribution in [3.05, 3.63) is 59.5 Å². The van der Waals surface area contributed by atoms with Gasteiger partial charge in [0.1, 0.15) is 17.7 Å². The van der Waals surface area contributed by atoms with E-state index in [2.05, 4.69) is 10.3 Å². The van der Waals surface area contributed by atoms with Crippen LogP contribution in [0.4, 0.5) is 10.2 Å². The number of amides is 1. The summed E-state index contributed by atoms with van der Waals surface area (Å²) in [7, 11) is 0. The molecule has 0 saturated carbocycles. The zero-order chi connectivity index (χ0) is 17.1. The Morgan fingerprint density at radius 2 is 2.04 bits per heavy atom. The molecule has 1 amide bonds. The van der Waals surface area contributed by atoms with E-state index in [4.69, 9.17) is 0 Å². The third-order valence-electron chi connectivity index (χ3n) is 4.08. The van der Waals surface area contributed by atoms with Crippen molar-refractivity contribution < 1.29 is 14.0 Å². The van der Waals surface area contributed by atoms with Crippen LogP contribution in [0.1, 0.15) is 29.3 Å². The number of ketones is 1. The molecule has 0 aliphatic carbocycles. The Labute approximate surface area is 139 Å². The number of nitrogens with zero attached hydrogens (tertiary/aromatic N) is 2. The molecule has 6 heteroatoms. The van der Waals surface area contributed by atoms with Crippen molar-refractivity contribution in [2.75, 3.05) is 11.9 Å². The van der Waals surface area contributed by atoms with Crippen LogP contribution in [0.25, 0.3) is 0 Å². The lowest BCUT2D eigenvalue weighted by molar-refractivity contribution is -0.128. The van der Waals surface area contributed by atoms with Crippen molar-refractivity contribution in [2.24, 2.45) is 0 Å². The minimum Gasteiger partial charge on any atom is -0.358 e. The van der Waals surface area contributed by atoms with Gasteiger partial charge in [-0.2, -0.15) is 0 Å². The summed E-state index contributed by atoms with van der Waals surface area (Å²) < 4.78 is 12.9. The standard InChI is InChI=1S/C18H18FN3O2/c1-12(23)14-4-7-17(20-10-14)21-16-8-9-22(18(16)24)11-13-2-5-15(19)6-3-13/h2-7,10,16H,8-9,11H2,1H3,(H,20,21)/t16-/m1/s1. The van der Waals surface area contributed by atoms with E-state index in [1.165, 1.54) is 25.3 Å². The highest BCUT2D eigenvalue weighted by atomic mass is 19.1. The van der Waals surface area contributed by atoms with E-state index < -0.39 is 0 Å². The fourth-order valence-electron chi connectivity index (χ4n) is 2.71. The first-order valence-electron chi connectivity index (χ1n) is 7.79. The van der Waals surface area contributed by atoms with Gasteiger partial charge < -0.3 is 10.2 Å². The summed E-state index contributed by atoms with van der Waals surface area (Å²) >= 11 is 0. The summed E-state index contributed by atoms with van der Waals surface area (Å²) in [6, 6.07) is 9.22. The first kappa shape index (κ1) is 16.1. The molecule has 0 spiro atoms. The van der Waals surface area contributed by atoms with Crippen molar-refractivity contribution >= 4 is 17.5 Å². The maximum absolute atomic E-state index is 12.9. The number of aromatic nitrogens is 1. The monoisotopic (exact) mass is 327 g/mol. The van der Waals surface area contributed by atoms with E-state index in [0.29, 0.717) is 30.9 Å². The lowest BCUT2D eigenvalue weighted by Gasteiger charge is -2.17. The summed E-state index contributed by atoms with van der Waals surface area (Å²) in [5.41, 5.74) is 1.44. The van der Waals surface area contributed by atoms with Gasteiger partial charge >= 0.3 is 0 Å². The van der Waals surface area contributed by atoms with Gasteiger partial charge in [0.05, 0.1) is 0 Å². The van der Waals surface area contributed by atoms with Gasteiger partial charge in [0.15, 0.2) is 5.78 Å². The first-order valence-corrected chi connectivity index (χ1v) is 7.79. The summed E-state index contributed by atoms with van der Waals surface area (Å²) in [6.07, 6.45) is 2.18. The van der Waals surface area contributed by atoms with Crippen molar-refractivity contribution in [3.8, 4) is 0 Å². The minimum atomic E-state index is -0.332. The second-order valence-corrected chi connectivity index (χ2v) is 5.86. The summed E-state index contributed by atoms with van der Waals surface area (Å²) in [5.74, 6) is 0.237. The van der Waals surface area contributed by atoms with Gasteiger partial charge in [-0.3, -0.25) is 9.59 Å². The van der Waals surface area contributed by atoms with Crippen LogP contribution in [0, 0.1) is 5.82 Å². The Kier molecular flexibility index (Phi) is 4.55. The van der Waals surface area contributed by atoms with Crippen LogP contribution in [-0.2, 0) is 11.3 Å². The van der Waals surface area contributed by atoms with Gasteiger partial charge in [-0.1, -0.05) is 12.1 Å². The smallest absolute Gasteiger partial charge is 0.245 e. The van der Waals surface area contributed by atoms with Gasteiger partial charge in [0, 0.05) is 24.8 Å². The molecule has 0 bridgehead atoms. The third kappa shape index (κ3) is 3.59. The quantitative estimate of drug-likeness (QED) is 0.858. The van der Waals surface area contributed by atoms with E-state index >= 15 is 0 Å². The van der Waals surface area contributed by atoms with Crippen molar-refractivity contribution in [3.63, 3.8) is 0 Å². The molecule has 2 aromatic rings. The molecule has 1 aromatic heterocycles. The SMILES string of the molecule is CC(=O)c1ccc(N[C@@H]2CCN(Cc3ccc(F)cc3)C2=O)nc1. The number of rotatable bonds is 5. The van der Waals surface area contributed by atoms with E-state index in [1.807, 2.05) is 0 Å². The molecule has 124 valence electrons. The number of halogens is 1. The summed E-state index contributed by atoms with van der Waals surface area (Å²) in [5, 5.41) is 3.11. The zero-order valence-corrected chi connectivity index (χ0v) is 13.3. The van der Waals surface area contributed by atoms with Crippen molar-refractivity contribution in [2.45, 2.75) is 25.9 Å². The lowest BCUT2D eigenvalue weighted by atomic mass is 10.2. The maximum Gasteiger partial charge on any atom is 0.245 e. The number of carbonyl (C=O) groups excluding carboxylic acids is 2. The Bertz CT molecular complexity index is 744. The molecule has 3 rings (SSSR count). The van der Waals surface area contributed by atoms with E-state index in [0.717, 1.165) is 5.56 Å². The normalized spacial score (nSPS) is 17.2. The first-order chi connectivity index (χ1) is 11.5. The van der Waals surface area contributed by atoms with Gasteiger partial charge in [-0.05, 0) is 43.2 Å². The number of likely N-dealkylation sites (tertiary alicyclic amines) is 1. The summed E-state index contributed by atoms with van der Waals surface area (Å²) in [6.45, 7) is 2.59. The fraction of sp³-hybridized carbons (Fsp3) is 0.278. The average Bonchev–Trinajstić information content (AvgIpc) is 2.91. The fourth-order valence-corrected chi connectivity index (χ4v) is 2.71. The molecular formula is C18H18FN3O2. The van der Waals surface area contributed by atoms with Crippen molar-refractivity contribution in [1.29, 1.82) is 0 Å². The van der Waals surface area contributed by atoms with Gasteiger partial charge in [0.2, 0.25) is 5.91 Å². The number of nitrogens with one attached hydrogen (secondary N) is 1. The van der Waals surface area contributed by atoms with Crippen LogP contribution in [0.15, 0.2) is 42.6 Å². The predicted octanol–water partition coefficient (Wildman–Crippen LogP) is 2.64. The zero-order valence-electron chi connectivity index (χ0n) is 13.3. The Morgan fingerprint density at radius 1 is 1.29 bits per heavy atom. The Hall–Kier alpha value is -2.76. The molecule has 1 aliphatic heterocycles. The maximum atomic E-state index is 12.9. The molecule has 0 unspecified atom stereocenters. The number of hydrogen-bond donors (Lipinski definition) is 1. The van der Waals surface area contributed by atoms with E-state index in [1.54, 1.807) is 29.2 Å². The van der Waals surface area contributed by atoms with Crippen molar-refractivity contribution in [1.82, 2.24) is 9.88 Å². The van der Waals surface area contributed by atoms with Crippen LogP contribution in [0.2, 0.25) is 0 Å². The highest BCUT2D eigenvalue weighted by Crippen LogP contribution is 2.19. The number of carbonyl (C=O) groups is 2.